The van der Waals surface area contributed by atoms with Crippen molar-refractivity contribution in [2.45, 2.75) is 12.8 Å². The lowest BCUT2D eigenvalue weighted by molar-refractivity contribution is 0.463. The van der Waals surface area contributed by atoms with Crippen molar-refractivity contribution in [1.82, 2.24) is 0 Å². The van der Waals surface area contributed by atoms with E-state index in [9.17, 15) is 0 Å². The molecule has 0 saturated heterocycles. The van der Waals surface area contributed by atoms with E-state index in [1.807, 2.05) is 42.5 Å². The molecule has 0 bridgehead atoms. The summed E-state index contributed by atoms with van der Waals surface area (Å²) in [7, 11) is 0. The molecule has 2 aromatic carbocycles. The van der Waals surface area contributed by atoms with Gasteiger partial charge >= 0.3 is 0 Å². The van der Waals surface area contributed by atoms with Crippen LogP contribution in [0.1, 0.15) is 18.4 Å². The molecule has 0 heterocycles. The monoisotopic (exact) mass is 270 g/mol. The number of hydrogen-bond donors (Lipinski definition) is 2. The van der Waals surface area contributed by atoms with Crippen LogP contribution in [0.3, 0.4) is 0 Å². The highest BCUT2D eigenvalue weighted by atomic mass is 16.5. The second-order valence-corrected chi connectivity index (χ2v) is 5.00. The third-order valence-corrected chi connectivity index (χ3v) is 3.70. The van der Waals surface area contributed by atoms with E-state index >= 15 is 0 Å². The number of para-hydroxylation sites is 1. The van der Waals surface area contributed by atoms with Crippen molar-refractivity contribution in [3.05, 3.63) is 60.2 Å². The summed E-state index contributed by atoms with van der Waals surface area (Å²) >= 11 is 0. The molecular weight excluding hydrogens is 248 g/mol. The van der Waals surface area contributed by atoms with Gasteiger partial charge in [0.15, 0.2) is 0 Å². The lowest BCUT2D eigenvalue weighted by atomic mass is 9.88. The van der Waals surface area contributed by atoms with E-state index in [1.54, 1.807) is 0 Å². The first-order chi connectivity index (χ1) is 9.74. The van der Waals surface area contributed by atoms with Gasteiger partial charge in [-0.1, -0.05) is 37.3 Å². The molecule has 0 saturated carbocycles. The standard InChI is InChI=1S/C17H22N2O/c1-13(15(11-18)12-19)14-7-9-17(10-8-14)20-16-5-3-2-4-6-16/h2-10,13,15H,11-12,18-19H2,1H3. The van der Waals surface area contributed by atoms with Crippen LogP contribution in [0.15, 0.2) is 54.6 Å². The summed E-state index contributed by atoms with van der Waals surface area (Å²) < 4.78 is 5.78. The van der Waals surface area contributed by atoms with Gasteiger partial charge in [0.05, 0.1) is 0 Å². The van der Waals surface area contributed by atoms with Gasteiger partial charge in [-0.05, 0) is 54.8 Å². The van der Waals surface area contributed by atoms with Crippen LogP contribution in [0.4, 0.5) is 0 Å². The molecule has 2 rings (SSSR count). The maximum absolute atomic E-state index is 5.78. The Labute approximate surface area is 120 Å². The molecule has 1 unspecified atom stereocenters. The summed E-state index contributed by atoms with van der Waals surface area (Å²) in [5.74, 6) is 2.35. The minimum atomic E-state index is 0.316. The van der Waals surface area contributed by atoms with Gasteiger partial charge in [-0.25, -0.2) is 0 Å². The second kappa shape index (κ2) is 7.08. The van der Waals surface area contributed by atoms with Crippen LogP contribution in [-0.2, 0) is 0 Å². The molecule has 106 valence electrons. The summed E-state index contributed by atoms with van der Waals surface area (Å²) in [5.41, 5.74) is 12.7. The van der Waals surface area contributed by atoms with E-state index in [2.05, 4.69) is 19.1 Å². The third-order valence-electron chi connectivity index (χ3n) is 3.70. The normalized spacial score (nSPS) is 12.4. The number of ether oxygens (including phenoxy) is 1. The molecule has 0 aliphatic carbocycles. The van der Waals surface area contributed by atoms with E-state index in [4.69, 9.17) is 16.2 Å². The Morgan fingerprint density at radius 3 is 1.95 bits per heavy atom. The topological polar surface area (TPSA) is 61.3 Å². The zero-order chi connectivity index (χ0) is 14.4. The van der Waals surface area contributed by atoms with Crippen molar-refractivity contribution >= 4 is 0 Å². The summed E-state index contributed by atoms with van der Waals surface area (Å²) in [5, 5.41) is 0. The first-order valence-corrected chi connectivity index (χ1v) is 6.97. The van der Waals surface area contributed by atoms with Crippen LogP contribution in [0.2, 0.25) is 0 Å². The van der Waals surface area contributed by atoms with Gasteiger partial charge in [-0.15, -0.1) is 0 Å². The zero-order valence-corrected chi connectivity index (χ0v) is 11.8. The average Bonchev–Trinajstić information content (AvgIpc) is 2.50. The van der Waals surface area contributed by atoms with E-state index in [0.717, 1.165) is 11.5 Å². The van der Waals surface area contributed by atoms with Gasteiger partial charge in [0.25, 0.3) is 0 Å². The maximum Gasteiger partial charge on any atom is 0.127 e. The van der Waals surface area contributed by atoms with Crippen LogP contribution in [0.25, 0.3) is 0 Å². The molecule has 0 aliphatic heterocycles. The van der Waals surface area contributed by atoms with Gasteiger partial charge < -0.3 is 16.2 Å². The first kappa shape index (κ1) is 14.6. The Kier molecular flexibility index (Phi) is 5.16. The fourth-order valence-corrected chi connectivity index (χ4v) is 2.24. The number of hydrogen-bond acceptors (Lipinski definition) is 3. The minimum absolute atomic E-state index is 0.316. The van der Waals surface area contributed by atoms with E-state index in [1.165, 1.54) is 5.56 Å². The minimum Gasteiger partial charge on any atom is -0.457 e. The quantitative estimate of drug-likeness (QED) is 0.847. The Balaban J connectivity index is 2.06. The highest BCUT2D eigenvalue weighted by molar-refractivity contribution is 5.34. The predicted molar refractivity (Wildman–Crippen MR) is 83.0 cm³/mol. The zero-order valence-electron chi connectivity index (χ0n) is 11.8. The Hall–Kier alpha value is -1.84. The molecule has 0 fully saturated rings. The van der Waals surface area contributed by atoms with Crippen molar-refractivity contribution < 1.29 is 4.74 Å². The number of rotatable bonds is 6. The molecule has 0 radical (unpaired) electrons. The van der Waals surface area contributed by atoms with Crippen LogP contribution in [0, 0.1) is 5.92 Å². The molecule has 0 aromatic heterocycles. The fourth-order valence-electron chi connectivity index (χ4n) is 2.24. The van der Waals surface area contributed by atoms with E-state index < -0.39 is 0 Å². The Bertz CT molecular complexity index is 506. The van der Waals surface area contributed by atoms with Gasteiger partial charge in [0.1, 0.15) is 11.5 Å². The molecule has 0 aliphatic rings. The molecule has 0 spiro atoms. The largest absolute Gasteiger partial charge is 0.457 e. The van der Waals surface area contributed by atoms with Crippen LogP contribution >= 0.6 is 0 Å². The molecule has 4 N–H and O–H groups in total. The van der Waals surface area contributed by atoms with E-state index in [-0.39, 0.29) is 0 Å². The van der Waals surface area contributed by atoms with Crippen LogP contribution < -0.4 is 16.2 Å². The lowest BCUT2D eigenvalue weighted by Gasteiger charge is -2.21. The summed E-state index contributed by atoms with van der Waals surface area (Å²) in [6.07, 6.45) is 0. The highest BCUT2D eigenvalue weighted by Crippen LogP contribution is 2.27. The SMILES string of the molecule is CC(c1ccc(Oc2ccccc2)cc1)C(CN)CN. The summed E-state index contributed by atoms with van der Waals surface area (Å²) in [6, 6.07) is 17.9. The number of benzene rings is 2. The second-order valence-electron chi connectivity index (χ2n) is 5.00. The van der Waals surface area contributed by atoms with Crippen molar-refractivity contribution in [3.8, 4) is 11.5 Å². The predicted octanol–water partition coefficient (Wildman–Crippen LogP) is 3.12. The lowest BCUT2D eigenvalue weighted by Crippen LogP contribution is -2.27. The van der Waals surface area contributed by atoms with Gasteiger partial charge in [-0.2, -0.15) is 0 Å². The first-order valence-electron chi connectivity index (χ1n) is 6.97. The number of nitrogens with two attached hydrogens (primary N) is 2. The molecule has 20 heavy (non-hydrogen) atoms. The third kappa shape index (κ3) is 3.59. The Morgan fingerprint density at radius 1 is 0.850 bits per heavy atom. The van der Waals surface area contributed by atoms with E-state index in [0.29, 0.717) is 24.9 Å². The van der Waals surface area contributed by atoms with Crippen molar-refractivity contribution in [1.29, 1.82) is 0 Å². The van der Waals surface area contributed by atoms with Crippen LogP contribution in [-0.4, -0.2) is 13.1 Å². The van der Waals surface area contributed by atoms with Crippen LogP contribution in [0.5, 0.6) is 11.5 Å². The van der Waals surface area contributed by atoms with Crippen molar-refractivity contribution in [2.24, 2.45) is 17.4 Å². The molecule has 1 atom stereocenters. The van der Waals surface area contributed by atoms with Gasteiger partial charge in [-0.3, -0.25) is 0 Å². The molecule has 3 nitrogen and oxygen atoms in total. The average molecular weight is 270 g/mol. The summed E-state index contributed by atoms with van der Waals surface area (Å²) in [4.78, 5) is 0. The molecule has 2 aromatic rings. The summed E-state index contributed by atoms with van der Waals surface area (Å²) in [6.45, 7) is 3.39. The van der Waals surface area contributed by atoms with Crippen molar-refractivity contribution in [3.63, 3.8) is 0 Å². The highest BCUT2D eigenvalue weighted by Gasteiger charge is 2.15. The maximum atomic E-state index is 5.78. The molecular formula is C17H22N2O. The molecule has 0 amide bonds. The van der Waals surface area contributed by atoms with Gasteiger partial charge in [0.2, 0.25) is 0 Å². The van der Waals surface area contributed by atoms with Gasteiger partial charge in [0, 0.05) is 0 Å². The van der Waals surface area contributed by atoms with Crippen molar-refractivity contribution in [2.75, 3.05) is 13.1 Å². The smallest absolute Gasteiger partial charge is 0.127 e. The molecule has 3 heteroatoms. The Morgan fingerprint density at radius 2 is 1.40 bits per heavy atom. The fraction of sp³-hybridized carbons (Fsp3) is 0.294.